The maximum atomic E-state index is 12.9. The number of fused-ring (bicyclic) bond motifs is 1. The predicted molar refractivity (Wildman–Crippen MR) is 133 cm³/mol. The van der Waals surface area contributed by atoms with E-state index in [4.69, 9.17) is 27.9 Å². The van der Waals surface area contributed by atoms with Gasteiger partial charge in [0.25, 0.3) is 5.91 Å². The third kappa shape index (κ3) is 5.09. The second kappa shape index (κ2) is 10.4. The van der Waals surface area contributed by atoms with Gasteiger partial charge in [-0.15, -0.1) is 0 Å². The molecule has 1 amide bonds. The Kier molecular flexibility index (Phi) is 7.40. The summed E-state index contributed by atoms with van der Waals surface area (Å²) in [6, 6.07) is 19.1. The van der Waals surface area contributed by atoms with Gasteiger partial charge in [-0.25, -0.2) is 0 Å². The summed E-state index contributed by atoms with van der Waals surface area (Å²) in [5.74, 6) is -0.510. The van der Waals surface area contributed by atoms with E-state index in [9.17, 15) is 9.59 Å². The van der Waals surface area contributed by atoms with Gasteiger partial charge in [0.2, 0.25) is 0 Å². The zero-order chi connectivity index (χ0) is 23.4. The number of nitrogens with zero attached hydrogens (tertiary/aromatic N) is 2. The molecule has 8 heteroatoms. The lowest BCUT2D eigenvalue weighted by atomic mass is 10.0. The molecule has 0 radical (unpaired) electrons. The first kappa shape index (κ1) is 23.4. The number of carbonyl (C=O) groups excluding carboxylic acids is 2. The van der Waals surface area contributed by atoms with E-state index in [0.29, 0.717) is 51.3 Å². The minimum absolute atomic E-state index is 0.101. The molecule has 0 atom stereocenters. The summed E-state index contributed by atoms with van der Waals surface area (Å²) in [5.41, 5.74) is 2.21. The van der Waals surface area contributed by atoms with Crippen molar-refractivity contribution in [1.82, 2.24) is 4.57 Å². The van der Waals surface area contributed by atoms with Crippen LogP contribution in [0.25, 0.3) is 10.2 Å². The Morgan fingerprint density at radius 1 is 0.939 bits per heavy atom. The molecule has 0 saturated carbocycles. The topological polar surface area (TPSA) is 60.7 Å². The molecule has 0 spiro atoms. The van der Waals surface area contributed by atoms with Crippen molar-refractivity contribution in [2.75, 3.05) is 13.2 Å². The highest BCUT2D eigenvalue weighted by Crippen LogP contribution is 2.32. The highest BCUT2D eigenvalue weighted by Gasteiger charge is 2.15. The molecule has 0 bridgehead atoms. The highest BCUT2D eigenvalue weighted by atomic mass is 35.5. The molecule has 0 N–H and O–H groups in total. The van der Waals surface area contributed by atoms with Crippen LogP contribution in [0.5, 0.6) is 0 Å². The molecule has 1 heterocycles. The van der Waals surface area contributed by atoms with E-state index < -0.39 is 5.91 Å². The summed E-state index contributed by atoms with van der Waals surface area (Å²) in [6.07, 6.45) is 0. The lowest BCUT2D eigenvalue weighted by Gasteiger charge is -2.07. The first-order valence-corrected chi connectivity index (χ1v) is 11.9. The van der Waals surface area contributed by atoms with Crippen LogP contribution in [0.1, 0.15) is 33.2 Å². The van der Waals surface area contributed by atoms with Crippen molar-refractivity contribution >= 4 is 56.4 Å². The number of carbonyl (C=O) groups is 2. The molecule has 0 unspecified atom stereocenters. The van der Waals surface area contributed by atoms with Crippen molar-refractivity contribution < 1.29 is 14.3 Å². The Morgan fingerprint density at radius 2 is 1.61 bits per heavy atom. The number of hydrogen-bond acceptors (Lipinski definition) is 4. The van der Waals surface area contributed by atoms with Crippen LogP contribution in [-0.2, 0) is 11.3 Å². The van der Waals surface area contributed by atoms with E-state index in [1.807, 2.05) is 35.8 Å². The van der Waals surface area contributed by atoms with Crippen LogP contribution >= 0.6 is 34.5 Å². The maximum Gasteiger partial charge on any atom is 0.279 e. The molecule has 0 fully saturated rings. The third-order valence-corrected chi connectivity index (χ3v) is 6.86. The largest absolute Gasteiger partial charge is 0.380 e. The molecule has 0 aliphatic carbocycles. The lowest BCUT2D eigenvalue weighted by molar-refractivity contribution is 0.0993. The van der Waals surface area contributed by atoms with Gasteiger partial charge >= 0.3 is 0 Å². The Labute approximate surface area is 204 Å². The minimum Gasteiger partial charge on any atom is -0.380 e. The Hall–Kier alpha value is -2.77. The number of hydrogen-bond donors (Lipinski definition) is 0. The molecule has 168 valence electrons. The van der Waals surface area contributed by atoms with Gasteiger partial charge in [0.15, 0.2) is 10.6 Å². The van der Waals surface area contributed by atoms with Crippen molar-refractivity contribution in [2.45, 2.75) is 13.5 Å². The zero-order valence-corrected chi connectivity index (χ0v) is 20.1. The smallest absolute Gasteiger partial charge is 0.279 e. The Bertz CT molecular complexity index is 1380. The van der Waals surface area contributed by atoms with E-state index in [2.05, 4.69) is 4.99 Å². The van der Waals surface area contributed by atoms with Gasteiger partial charge in [0.1, 0.15) is 0 Å². The van der Waals surface area contributed by atoms with E-state index >= 15 is 0 Å². The molecule has 4 aromatic rings. The number of benzene rings is 3. The monoisotopic (exact) mass is 498 g/mol. The molecule has 33 heavy (non-hydrogen) atoms. The number of rotatable bonds is 7. The highest BCUT2D eigenvalue weighted by molar-refractivity contribution is 7.16. The van der Waals surface area contributed by atoms with Crippen LogP contribution in [0.4, 0.5) is 0 Å². The normalized spacial score (nSPS) is 11.8. The summed E-state index contributed by atoms with van der Waals surface area (Å²) < 4.78 is 8.22. The maximum absolute atomic E-state index is 12.9. The summed E-state index contributed by atoms with van der Waals surface area (Å²) in [6.45, 7) is 3.42. The van der Waals surface area contributed by atoms with E-state index in [1.54, 1.807) is 42.5 Å². The molecule has 0 aliphatic heterocycles. The minimum atomic E-state index is -0.410. The molecule has 5 nitrogen and oxygen atoms in total. The van der Waals surface area contributed by atoms with Crippen LogP contribution < -0.4 is 4.80 Å². The van der Waals surface area contributed by atoms with Crippen molar-refractivity contribution in [2.24, 2.45) is 4.99 Å². The summed E-state index contributed by atoms with van der Waals surface area (Å²) in [4.78, 5) is 30.4. The Morgan fingerprint density at radius 3 is 2.30 bits per heavy atom. The number of ketones is 1. The van der Waals surface area contributed by atoms with Crippen LogP contribution in [0.2, 0.25) is 10.0 Å². The Balaban J connectivity index is 1.67. The van der Waals surface area contributed by atoms with Crippen LogP contribution in [0.15, 0.2) is 71.7 Å². The predicted octanol–water partition coefficient (Wildman–Crippen LogP) is 6.02. The second-order valence-electron chi connectivity index (χ2n) is 7.13. The molecule has 3 aromatic carbocycles. The van der Waals surface area contributed by atoms with E-state index in [0.717, 1.165) is 10.2 Å². The quantitative estimate of drug-likeness (QED) is 0.231. The van der Waals surface area contributed by atoms with Crippen molar-refractivity contribution in [3.63, 3.8) is 0 Å². The zero-order valence-electron chi connectivity index (χ0n) is 17.8. The van der Waals surface area contributed by atoms with Gasteiger partial charge in [-0.2, -0.15) is 4.99 Å². The molecule has 0 saturated heterocycles. The van der Waals surface area contributed by atoms with Crippen LogP contribution in [-0.4, -0.2) is 29.5 Å². The molecular weight excluding hydrogens is 479 g/mol. The standard InChI is InChI=1S/C25H20Cl2N2O3S/c1-2-32-15-14-29-22-20(13-12-19(26)21(22)27)33-25(29)28-24(31)18-10-8-17(9-11-18)23(30)16-6-4-3-5-7-16/h3-13H,2,14-15H2,1H3. The fourth-order valence-corrected chi connectivity index (χ4v) is 4.91. The molecule has 0 aliphatic rings. The van der Waals surface area contributed by atoms with Gasteiger partial charge < -0.3 is 9.30 Å². The van der Waals surface area contributed by atoms with E-state index in [1.165, 1.54) is 11.3 Å². The second-order valence-corrected chi connectivity index (χ2v) is 8.93. The van der Waals surface area contributed by atoms with Gasteiger partial charge in [-0.05, 0) is 31.2 Å². The van der Waals surface area contributed by atoms with E-state index in [-0.39, 0.29) is 5.78 Å². The van der Waals surface area contributed by atoms with Crippen molar-refractivity contribution in [3.05, 3.63) is 98.3 Å². The van der Waals surface area contributed by atoms with Crippen LogP contribution in [0.3, 0.4) is 0 Å². The van der Waals surface area contributed by atoms with Gasteiger partial charge in [-0.1, -0.05) is 77.0 Å². The van der Waals surface area contributed by atoms with Crippen molar-refractivity contribution in [1.29, 1.82) is 0 Å². The van der Waals surface area contributed by atoms with Crippen molar-refractivity contribution in [3.8, 4) is 0 Å². The number of halogens is 2. The molecule has 1 aromatic heterocycles. The SMILES string of the molecule is CCOCCn1c(=NC(=O)c2ccc(C(=O)c3ccccc3)cc2)sc2ccc(Cl)c(Cl)c21. The van der Waals surface area contributed by atoms with Gasteiger partial charge in [0, 0.05) is 29.8 Å². The number of ether oxygens (including phenoxy) is 1. The summed E-state index contributed by atoms with van der Waals surface area (Å²) >= 11 is 14.0. The average molecular weight is 499 g/mol. The summed E-state index contributed by atoms with van der Waals surface area (Å²) in [5, 5.41) is 0.850. The van der Waals surface area contributed by atoms with Gasteiger partial charge in [-0.3, -0.25) is 9.59 Å². The number of thiazole rings is 1. The first-order chi connectivity index (χ1) is 16.0. The number of amides is 1. The van der Waals surface area contributed by atoms with Gasteiger partial charge in [0.05, 0.1) is 26.9 Å². The lowest BCUT2D eigenvalue weighted by Crippen LogP contribution is -2.20. The van der Waals surface area contributed by atoms with Crippen LogP contribution in [0, 0.1) is 0 Å². The first-order valence-electron chi connectivity index (χ1n) is 10.3. The number of aromatic nitrogens is 1. The summed E-state index contributed by atoms with van der Waals surface area (Å²) in [7, 11) is 0. The fourth-order valence-electron chi connectivity index (χ4n) is 3.37. The average Bonchev–Trinajstić information content (AvgIpc) is 3.19. The molecular formula is C25H20Cl2N2O3S. The molecule has 4 rings (SSSR count). The third-order valence-electron chi connectivity index (χ3n) is 5.02. The fraction of sp³-hybridized carbons (Fsp3) is 0.160.